The van der Waals surface area contributed by atoms with E-state index in [1.165, 1.54) is 11.6 Å². The van der Waals surface area contributed by atoms with Gasteiger partial charge in [0, 0.05) is 13.0 Å². The maximum Gasteiger partial charge on any atom is 0.253 e. The Kier molecular flexibility index (Phi) is 3.44. The molecule has 2 aliphatic rings. The highest BCUT2D eigenvalue weighted by atomic mass is 19.1. The second-order valence-electron chi connectivity index (χ2n) is 6.56. The number of amides is 1. The lowest BCUT2D eigenvalue weighted by Gasteiger charge is -2.36. The number of fused-ring (bicyclic) bond motifs is 1. The molecule has 2 aromatic carbocycles. The summed E-state index contributed by atoms with van der Waals surface area (Å²) in [6.45, 7) is 1.34. The minimum absolute atomic E-state index is 0.0363. The Hall–Kier alpha value is -2.56. The van der Waals surface area contributed by atoms with Gasteiger partial charge in [-0.2, -0.15) is 0 Å². The number of ether oxygens (including phenoxy) is 1. The van der Waals surface area contributed by atoms with Gasteiger partial charge in [0.1, 0.15) is 17.2 Å². The first-order valence-corrected chi connectivity index (χ1v) is 8.18. The van der Waals surface area contributed by atoms with Crippen molar-refractivity contribution in [1.82, 2.24) is 0 Å². The SMILES string of the molecule is NC(=O)c1c(F)cccc1N1CCC2(CCc3ccccc3O2)C1. The molecule has 0 radical (unpaired) electrons. The molecule has 1 amide bonds. The van der Waals surface area contributed by atoms with E-state index in [0.717, 1.165) is 25.0 Å². The van der Waals surface area contributed by atoms with Gasteiger partial charge in [0.15, 0.2) is 0 Å². The van der Waals surface area contributed by atoms with Crippen molar-refractivity contribution >= 4 is 11.6 Å². The van der Waals surface area contributed by atoms with Crippen LogP contribution in [-0.4, -0.2) is 24.6 Å². The van der Waals surface area contributed by atoms with Crippen LogP contribution >= 0.6 is 0 Å². The lowest BCUT2D eigenvalue weighted by atomic mass is 9.90. The number of primary amides is 1. The summed E-state index contributed by atoms with van der Waals surface area (Å²) in [4.78, 5) is 13.7. The average molecular weight is 326 g/mol. The highest BCUT2D eigenvalue weighted by Crippen LogP contribution is 2.40. The number of carbonyl (C=O) groups excluding carboxylic acids is 1. The number of anilines is 1. The lowest BCUT2D eigenvalue weighted by Crippen LogP contribution is -2.42. The van der Waals surface area contributed by atoms with E-state index in [0.29, 0.717) is 18.8 Å². The van der Waals surface area contributed by atoms with E-state index in [-0.39, 0.29) is 11.2 Å². The number of halogens is 1. The zero-order valence-electron chi connectivity index (χ0n) is 13.3. The van der Waals surface area contributed by atoms with E-state index >= 15 is 0 Å². The summed E-state index contributed by atoms with van der Waals surface area (Å²) >= 11 is 0. The van der Waals surface area contributed by atoms with Gasteiger partial charge in [0.25, 0.3) is 5.91 Å². The number of para-hydroxylation sites is 1. The first-order valence-electron chi connectivity index (χ1n) is 8.18. The predicted octanol–water partition coefficient (Wildman–Crippen LogP) is 2.90. The van der Waals surface area contributed by atoms with E-state index in [2.05, 4.69) is 6.07 Å². The summed E-state index contributed by atoms with van der Waals surface area (Å²) in [6.07, 6.45) is 2.73. The van der Waals surface area contributed by atoms with Crippen LogP contribution in [0.2, 0.25) is 0 Å². The number of benzene rings is 2. The van der Waals surface area contributed by atoms with Gasteiger partial charge in [-0.25, -0.2) is 4.39 Å². The quantitative estimate of drug-likeness (QED) is 0.923. The molecule has 0 aromatic heterocycles. The fourth-order valence-corrected chi connectivity index (χ4v) is 3.81. The molecule has 0 bridgehead atoms. The van der Waals surface area contributed by atoms with Crippen LogP contribution in [-0.2, 0) is 6.42 Å². The molecule has 1 spiro atoms. The maximum atomic E-state index is 14.0. The van der Waals surface area contributed by atoms with Gasteiger partial charge in [-0.3, -0.25) is 4.79 Å². The average Bonchev–Trinajstić information content (AvgIpc) is 2.97. The van der Waals surface area contributed by atoms with E-state index in [1.54, 1.807) is 12.1 Å². The van der Waals surface area contributed by atoms with Crippen molar-refractivity contribution in [2.24, 2.45) is 5.73 Å². The highest BCUT2D eigenvalue weighted by molar-refractivity contribution is 5.99. The molecule has 124 valence electrons. The Balaban J connectivity index is 1.62. The lowest BCUT2D eigenvalue weighted by molar-refractivity contribution is 0.0682. The Morgan fingerprint density at radius 3 is 2.83 bits per heavy atom. The molecule has 1 atom stereocenters. The Morgan fingerprint density at radius 2 is 2.00 bits per heavy atom. The predicted molar refractivity (Wildman–Crippen MR) is 89.9 cm³/mol. The molecule has 24 heavy (non-hydrogen) atoms. The number of aryl methyl sites for hydroxylation is 1. The van der Waals surface area contributed by atoms with E-state index in [9.17, 15) is 9.18 Å². The molecular formula is C19H19FN2O2. The van der Waals surface area contributed by atoms with Gasteiger partial charge < -0.3 is 15.4 Å². The molecule has 2 aromatic rings. The van der Waals surface area contributed by atoms with Gasteiger partial charge >= 0.3 is 0 Å². The first-order chi connectivity index (χ1) is 11.6. The second-order valence-corrected chi connectivity index (χ2v) is 6.56. The molecule has 2 N–H and O–H groups in total. The van der Waals surface area contributed by atoms with Crippen LogP contribution in [0.4, 0.5) is 10.1 Å². The molecule has 2 heterocycles. The Labute approximate surface area is 140 Å². The van der Waals surface area contributed by atoms with Crippen LogP contribution < -0.4 is 15.4 Å². The molecule has 5 heteroatoms. The summed E-state index contributed by atoms with van der Waals surface area (Å²) < 4.78 is 20.3. The van der Waals surface area contributed by atoms with Crippen LogP contribution in [0.5, 0.6) is 5.75 Å². The molecule has 4 nitrogen and oxygen atoms in total. The summed E-state index contributed by atoms with van der Waals surface area (Å²) in [5, 5.41) is 0. The largest absolute Gasteiger partial charge is 0.485 e. The first kappa shape index (κ1) is 15.0. The van der Waals surface area contributed by atoms with Crippen LogP contribution in [0.15, 0.2) is 42.5 Å². The third kappa shape index (κ3) is 2.40. The normalized spacial score (nSPS) is 22.3. The minimum Gasteiger partial charge on any atom is -0.485 e. The van der Waals surface area contributed by atoms with E-state index in [4.69, 9.17) is 10.5 Å². The van der Waals surface area contributed by atoms with Crippen molar-refractivity contribution in [3.8, 4) is 5.75 Å². The van der Waals surface area contributed by atoms with Crippen LogP contribution in [0.3, 0.4) is 0 Å². The highest BCUT2D eigenvalue weighted by Gasteiger charge is 2.43. The van der Waals surface area contributed by atoms with Gasteiger partial charge in [0.2, 0.25) is 0 Å². The van der Waals surface area contributed by atoms with Gasteiger partial charge in [-0.15, -0.1) is 0 Å². The van der Waals surface area contributed by atoms with Gasteiger partial charge in [-0.1, -0.05) is 24.3 Å². The molecular weight excluding hydrogens is 307 g/mol. The topological polar surface area (TPSA) is 55.6 Å². The molecule has 0 aliphatic carbocycles. The van der Waals surface area contributed by atoms with Crippen LogP contribution in [0.25, 0.3) is 0 Å². The van der Waals surface area contributed by atoms with Crippen molar-refractivity contribution in [2.45, 2.75) is 24.9 Å². The molecule has 1 fully saturated rings. The van der Waals surface area contributed by atoms with Crippen molar-refractivity contribution in [3.05, 3.63) is 59.4 Å². The van der Waals surface area contributed by atoms with Gasteiger partial charge in [0.05, 0.1) is 17.8 Å². The number of nitrogens with two attached hydrogens (primary N) is 1. The number of nitrogens with zero attached hydrogens (tertiary/aromatic N) is 1. The fraction of sp³-hybridized carbons (Fsp3) is 0.316. The fourth-order valence-electron chi connectivity index (χ4n) is 3.81. The summed E-state index contributed by atoms with van der Waals surface area (Å²) in [6, 6.07) is 12.7. The van der Waals surface area contributed by atoms with Crippen LogP contribution in [0, 0.1) is 5.82 Å². The van der Waals surface area contributed by atoms with Crippen LogP contribution in [0.1, 0.15) is 28.8 Å². The summed E-state index contributed by atoms with van der Waals surface area (Å²) in [7, 11) is 0. The number of hydrogen-bond donors (Lipinski definition) is 1. The summed E-state index contributed by atoms with van der Waals surface area (Å²) in [5.41, 5.74) is 6.85. The minimum atomic E-state index is -0.737. The van der Waals surface area contributed by atoms with Crippen molar-refractivity contribution < 1.29 is 13.9 Å². The summed E-state index contributed by atoms with van der Waals surface area (Å²) in [5.74, 6) is -0.380. The number of hydrogen-bond acceptors (Lipinski definition) is 3. The molecule has 1 saturated heterocycles. The smallest absolute Gasteiger partial charge is 0.253 e. The molecule has 0 saturated carbocycles. The number of carbonyl (C=O) groups is 1. The maximum absolute atomic E-state index is 14.0. The van der Waals surface area contributed by atoms with E-state index < -0.39 is 11.7 Å². The third-order valence-corrected chi connectivity index (χ3v) is 5.04. The number of rotatable bonds is 2. The molecule has 2 aliphatic heterocycles. The third-order valence-electron chi connectivity index (χ3n) is 5.04. The second kappa shape index (κ2) is 5.51. The Morgan fingerprint density at radius 1 is 1.17 bits per heavy atom. The molecule has 4 rings (SSSR count). The van der Waals surface area contributed by atoms with Crippen molar-refractivity contribution in [3.63, 3.8) is 0 Å². The zero-order valence-corrected chi connectivity index (χ0v) is 13.3. The van der Waals surface area contributed by atoms with Gasteiger partial charge in [-0.05, 0) is 36.6 Å². The van der Waals surface area contributed by atoms with Crippen molar-refractivity contribution in [1.29, 1.82) is 0 Å². The monoisotopic (exact) mass is 326 g/mol. The Bertz CT molecular complexity index is 808. The standard InChI is InChI=1S/C19H19FN2O2/c20-14-5-3-6-15(17(14)18(21)23)22-11-10-19(12-22)9-8-13-4-1-2-7-16(13)24-19/h1-7H,8-12H2,(H2,21,23). The van der Waals surface area contributed by atoms with E-state index in [1.807, 2.05) is 23.1 Å². The zero-order chi connectivity index (χ0) is 16.7. The van der Waals surface area contributed by atoms with Crippen molar-refractivity contribution in [2.75, 3.05) is 18.0 Å². The molecule has 1 unspecified atom stereocenters.